The molecule has 1 aliphatic rings. The molecule has 1 saturated heterocycles. The summed E-state index contributed by atoms with van der Waals surface area (Å²) in [6, 6.07) is 13.5. The van der Waals surface area contributed by atoms with E-state index in [4.69, 9.17) is 23.8 Å². The Morgan fingerprint density at radius 2 is 1.61 bits per heavy atom. The number of rotatable bonds is 5. The highest BCUT2D eigenvalue weighted by atomic mass is 79.9. The molecule has 0 spiro atoms. The van der Waals surface area contributed by atoms with E-state index in [2.05, 4.69) is 32.1 Å². The zero-order chi connectivity index (χ0) is 22.4. The number of nitrogens with zero attached hydrogens (tertiary/aromatic N) is 2. The number of hydrogen-bond donors (Lipinski definition) is 3. The van der Waals surface area contributed by atoms with Crippen LogP contribution in [0, 0.1) is 0 Å². The van der Waals surface area contributed by atoms with Crippen LogP contribution < -0.4 is 16.2 Å². The van der Waals surface area contributed by atoms with Gasteiger partial charge < -0.3 is 5.32 Å². The lowest BCUT2D eigenvalue weighted by molar-refractivity contribution is -0.123. The first kappa shape index (κ1) is 23.9. The third-order valence-electron chi connectivity index (χ3n) is 4.57. The molecule has 1 fully saturated rings. The summed E-state index contributed by atoms with van der Waals surface area (Å²) < 4.78 is 27.8. The van der Waals surface area contributed by atoms with E-state index >= 15 is 0 Å². The maximum Gasteiger partial charge on any atom is 0.252 e. The van der Waals surface area contributed by atoms with Crippen LogP contribution in [0.15, 0.2) is 57.9 Å². The minimum Gasteiger partial charge on any atom is -0.331 e. The third kappa shape index (κ3) is 6.86. The Kier molecular flexibility index (Phi) is 8.25. The van der Waals surface area contributed by atoms with Gasteiger partial charge in [-0.25, -0.2) is 8.42 Å². The van der Waals surface area contributed by atoms with E-state index < -0.39 is 10.0 Å². The Morgan fingerprint density at radius 1 is 1.00 bits per heavy atom. The van der Waals surface area contributed by atoms with Gasteiger partial charge in [-0.2, -0.15) is 4.31 Å². The quantitative estimate of drug-likeness (QED) is 0.392. The second-order valence-corrected chi connectivity index (χ2v) is 10.5. The summed E-state index contributed by atoms with van der Waals surface area (Å²) in [5, 5.41) is 3.78. The fraction of sp³-hybridized carbons (Fsp3) is 0.263. The molecule has 12 heteroatoms. The van der Waals surface area contributed by atoms with Gasteiger partial charge in [0.15, 0.2) is 5.11 Å². The van der Waals surface area contributed by atoms with Crippen molar-refractivity contribution in [1.82, 2.24) is 20.1 Å². The lowest BCUT2D eigenvalue weighted by Gasteiger charge is -2.33. The van der Waals surface area contributed by atoms with E-state index in [1.807, 2.05) is 4.90 Å². The summed E-state index contributed by atoms with van der Waals surface area (Å²) in [6.45, 7) is 1.67. The average Bonchev–Trinajstić information content (AvgIpc) is 2.75. The van der Waals surface area contributed by atoms with Crippen LogP contribution in [-0.2, 0) is 14.8 Å². The molecule has 8 nitrogen and oxygen atoms in total. The van der Waals surface area contributed by atoms with Crippen LogP contribution in [0.3, 0.4) is 0 Å². The van der Waals surface area contributed by atoms with Gasteiger partial charge >= 0.3 is 0 Å². The summed E-state index contributed by atoms with van der Waals surface area (Å²) in [7, 11) is -3.55. The highest BCUT2D eigenvalue weighted by Gasteiger charge is 2.29. The van der Waals surface area contributed by atoms with Crippen LogP contribution in [-0.4, -0.2) is 61.4 Å². The molecule has 166 valence electrons. The van der Waals surface area contributed by atoms with Gasteiger partial charge in [0.1, 0.15) is 0 Å². The molecule has 1 aliphatic heterocycles. The summed E-state index contributed by atoms with van der Waals surface area (Å²) >= 11 is 14.3. The molecular weight excluding hydrogens is 526 g/mol. The Labute approximate surface area is 200 Å². The van der Waals surface area contributed by atoms with E-state index in [0.29, 0.717) is 31.2 Å². The van der Waals surface area contributed by atoms with E-state index in [9.17, 15) is 13.2 Å². The standard InChI is InChI=1S/C19H21BrClN5O3S2/c20-14-1-7-17(8-2-14)31(28,29)26-11-9-25(10-12-26)13-18(27)23-24-19(30)22-16-5-3-15(21)4-6-16/h1-8H,9-13H2,(H,23,27)(H2,22,24,30). The normalized spacial score (nSPS) is 15.3. The molecule has 0 bridgehead atoms. The fourth-order valence-electron chi connectivity index (χ4n) is 2.95. The highest BCUT2D eigenvalue weighted by molar-refractivity contribution is 9.10. The second-order valence-electron chi connectivity index (χ2n) is 6.77. The molecule has 31 heavy (non-hydrogen) atoms. The maximum absolute atomic E-state index is 12.7. The smallest absolute Gasteiger partial charge is 0.252 e. The molecule has 1 heterocycles. The molecule has 0 radical (unpaired) electrons. The van der Waals surface area contributed by atoms with Crippen molar-refractivity contribution in [3.63, 3.8) is 0 Å². The molecule has 0 saturated carbocycles. The van der Waals surface area contributed by atoms with Crippen LogP contribution in [0.2, 0.25) is 5.02 Å². The summed E-state index contributed by atoms with van der Waals surface area (Å²) in [5.41, 5.74) is 5.92. The summed E-state index contributed by atoms with van der Waals surface area (Å²) in [6.07, 6.45) is 0. The lowest BCUT2D eigenvalue weighted by Crippen LogP contribution is -2.53. The molecule has 0 atom stereocenters. The molecule has 3 rings (SSSR count). The van der Waals surface area contributed by atoms with Crippen molar-refractivity contribution in [2.75, 3.05) is 38.0 Å². The minimum atomic E-state index is -3.55. The summed E-state index contributed by atoms with van der Waals surface area (Å²) in [4.78, 5) is 14.3. The number of hydrogen-bond acceptors (Lipinski definition) is 5. The number of anilines is 1. The van der Waals surface area contributed by atoms with E-state index in [1.54, 1.807) is 48.5 Å². The highest BCUT2D eigenvalue weighted by Crippen LogP contribution is 2.20. The molecule has 0 unspecified atom stereocenters. The lowest BCUT2D eigenvalue weighted by atomic mass is 10.3. The van der Waals surface area contributed by atoms with Crippen LogP contribution in [0.5, 0.6) is 0 Å². The molecule has 0 aliphatic carbocycles. The largest absolute Gasteiger partial charge is 0.331 e. The van der Waals surface area contributed by atoms with Crippen molar-refractivity contribution in [2.45, 2.75) is 4.90 Å². The van der Waals surface area contributed by atoms with Crippen molar-refractivity contribution < 1.29 is 13.2 Å². The number of carbonyl (C=O) groups is 1. The number of halogens is 2. The zero-order valence-corrected chi connectivity index (χ0v) is 20.3. The van der Waals surface area contributed by atoms with Crippen LogP contribution >= 0.6 is 39.7 Å². The van der Waals surface area contributed by atoms with Gasteiger partial charge in [0.05, 0.1) is 11.4 Å². The summed E-state index contributed by atoms with van der Waals surface area (Å²) in [5.74, 6) is -0.274. The Hall–Kier alpha value is -1.76. The predicted octanol–water partition coefficient (Wildman–Crippen LogP) is 2.43. The van der Waals surface area contributed by atoms with Crippen LogP contribution in [0.1, 0.15) is 0 Å². The first-order chi connectivity index (χ1) is 14.7. The Morgan fingerprint density at radius 3 is 2.23 bits per heavy atom. The number of amides is 1. The number of piperazine rings is 1. The van der Waals surface area contributed by atoms with Crippen LogP contribution in [0.25, 0.3) is 0 Å². The monoisotopic (exact) mass is 545 g/mol. The molecule has 2 aromatic carbocycles. The second kappa shape index (κ2) is 10.7. The number of thiocarbonyl (C=S) groups is 1. The first-order valence-corrected chi connectivity index (χ1v) is 12.4. The molecule has 1 amide bonds. The fourth-order valence-corrected chi connectivity index (χ4v) is 4.93. The van der Waals surface area contributed by atoms with Crippen molar-refractivity contribution in [1.29, 1.82) is 0 Å². The molecule has 0 aromatic heterocycles. The van der Waals surface area contributed by atoms with Gasteiger partial charge in [0, 0.05) is 41.4 Å². The van der Waals surface area contributed by atoms with Gasteiger partial charge in [0.2, 0.25) is 10.0 Å². The van der Waals surface area contributed by atoms with Crippen LogP contribution in [0.4, 0.5) is 5.69 Å². The van der Waals surface area contributed by atoms with Gasteiger partial charge in [-0.3, -0.25) is 20.5 Å². The molecular formula is C19H21BrClN5O3S2. The number of sulfonamides is 1. The predicted molar refractivity (Wildman–Crippen MR) is 128 cm³/mol. The SMILES string of the molecule is O=C(CN1CCN(S(=O)(=O)c2ccc(Br)cc2)CC1)NNC(=S)Nc1ccc(Cl)cc1. The van der Waals surface area contributed by atoms with Crippen molar-refractivity contribution in [3.05, 3.63) is 58.0 Å². The van der Waals surface area contributed by atoms with Crippen molar-refractivity contribution in [3.8, 4) is 0 Å². The number of benzene rings is 2. The van der Waals surface area contributed by atoms with Gasteiger partial charge in [-0.1, -0.05) is 27.5 Å². The van der Waals surface area contributed by atoms with Crippen molar-refractivity contribution in [2.24, 2.45) is 0 Å². The Balaban J connectivity index is 1.42. The number of nitrogens with one attached hydrogen (secondary N) is 3. The average molecular weight is 547 g/mol. The number of hydrazine groups is 1. The third-order valence-corrected chi connectivity index (χ3v) is 7.47. The molecule has 2 aromatic rings. The van der Waals surface area contributed by atoms with E-state index in [-0.39, 0.29) is 22.5 Å². The molecule has 3 N–H and O–H groups in total. The minimum absolute atomic E-state index is 0.128. The van der Waals surface area contributed by atoms with Gasteiger partial charge in [-0.15, -0.1) is 0 Å². The first-order valence-electron chi connectivity index (χ1n) is 9.33. The Bertz CT molecular complexity index is 1030. The zero-order valence-electron chi connectivity index (χ0n) is 16.3. The maximum atomic E-state index is 12.7. The van der Waals surface area contributed by atoms with Gasteiger partial charge in [-0.05, 0) is 60.7 Å². The number of carbonyl (C=O) groups excluding carboxylic acids is 1. The van der Waals surface area contributed by atoms with Gasteiger partial charge in [0.25, 0.3) is 5.91 Å². The van der Waals surface area contributed by atoms with E-state index in [1.165, 1.54) is 4.31 Å². The van der Waals surface area contributed by atoms with E-state index in [0.717, 1.165) is 10.2 Å². The van der Waals surface area contributed by atoms with Crippen molar-refractivity contribution >= 4 is 66.5 Å². The topological polar surface area (TPSA) is 93.8 Å².